The first-order valence-corrected chi connectivity index (χ1v) is 7.96. The minimum absolute atomic E-state index is 0.146. The molecule has 112 valence electrons. The maximum absolute atomic E-state index is 12.0. The summed E-state index contributed by atoms with van der Waals surface area (Å²) in [7, 11) is 0. The van der Waals surface area contributed by atoms with Gasteiger partial charge in [0.15, 0.2) is 0 Å². The molecule has 1 aromatic carbocycles. The molecule has 0 unspecified atom stereocenters. The highest BCUT2D eigenvalue weighted by Gasteiger charge is 2.51. The third kappa shape index (κ3) is 2.09. The number of imide groups is 1. The molecule has 2 aliphatic heterocycles. The van der Waals surface area contributed by atoms with E-state index in [1.54, 1.807) is 0 Å². The van der Waals surface area contributed by atoms with Crippen LogP contribution in [0.4, 0.5) is 5.13 Å². The standard InChI is InChI=1S/C15H14N4O2S/c20-11-8-15(13(21)16-11)6-7-19(9-15)14-18-17-12(22-14)10-4-2-1-3-5-10/h1-5H,6-9H2,(H,16,20,21)/t15-/m0/s1. The number of hydrogen-bond acceptors (Lipinski definition) is 6. The molecule has 4 rings (SSSR count). The Morgan fingerprint density at radius 2 is 2.00 bits per heavy atom. The summed E-state index contributed by atoms with van der Waals surface area (Å²) in [6.07, 6.45) is 0.970. The van der Waals surface area contributed by atoms with Crippen molar-refractivity contribution in [2.24, 2.45) is 5.41 Å². The van der Waals surface area contributed by atoms with E-state index < -0.39 is 5.41 Å². The highest BCUT2D eigenvalue weighted by atomic mass is 32.1. The molecule has 2 saturated heterocycles. The van der Waals surface area contributed by atoms with Gasteiger partial charge in [-0.2, -0.15) is 0 Å². The Hall–Kier alpha value is -2.28. The minimum Gasteiger partial charge on any atom is -0.346 e. The number of nitrogens with zero attached hydrogens (tertiary/aromatic N) is 3. The van der Waals surface area contributed by atoms with Crippen LogP contribution in [-0.2, 0) is 9.59 Å². The first-order valence-electron chi connectivity index (χ1n) is 7.14. The normalized spacial score (nSPS) is 24.3. The lowest BCUT2D eigenvalue weighted by Crippen LogP contribution is -2.34. The lowest BCUT2D eigenvalue weighted by atomic mass is 9.85. The molecular weight excluding hydrogens is 300 g/mol. The van der Waals surface area contributed by atoms with Gasteiger partial charge in [0.2, 0.25) is 16.9 Å². The van der Waals surface area contributed by atoms with Crippen molar-refractivity contribution in [2.45, 2.75) is 12.8 Å². The van der Waals surface area contributed by atoms with E-state index >= 15 is 0 Å². The fourth-order valence-corrected chi connectivity index (χ4v) is 3.97. The van der Waals surface area contributed by atoms with E-state index in [1.807, 2.05) is 30.3 Å². The number of amides is 2. The van der Waals surface area contributed by atoms with Crippen molar-refractivity contribution in [3.8, 4) is 10.6 Å². The largest absolute Gasteiger partial charge is 0.346 e. The van der Waals surface area contributed by atoms with Crippen LogP contribution in [0.5, 0.6) is 0 Å². The second-order valence-electron chi connectivity index (χ2n) is 5.76. The predicted molar refractivity (Wildman–Crippen MR) is 82.4 cm³/mol. The van der Waals surface area contributed by atoms with Crippen molar-refractivity contribution >= 4 is 28.3 Å². The van der Waals surface area contributed by atoms with Crippen LogP contribution in [-0.4, -0.2) is 35.1 Å². The minimum atomic E-state index is -0.574. The zero-order valence-corrected chi connectivity index (χ0v) is 12.6. The van der Waals surface area contributed by atoms with Gasteiger partial charge in [-0.3, -0.25) is 14.9 Å². The van der Waals surface area contributed by atoms with E-state index in [9.17, 15) is 9.59 Å². The van der Waals surface area contributed by atoms with Crippen molar-refractivity contribution in [2.75, 3.05) is 18.0 Å². The molecule has 0 bridgehead atoms. The summed E-state index contributed by atoms with van der Waals surface area (Å²) in [6, 6.07) is 9.90. The fraction of sp³-hybridized carbons (Fsp3) is 0.333. The second-order valence-corrected chi connectivity index (χ2v) is 6.72. The van der Waals surface area contributed by atoms with Crippen LogP contribution in [0.1, 0.15) is 12.8 Å². The summed E-state index contributed by atoms with van der Waals surface area (Å²) in [4.78, 5) is 25.6. The summed E-state index contributed by atoms with van der Waals surface area (Å²) >= 11 is 1.51. The van der Waals surface area contributed by atoms with Crippen LogP contribution < -0.4 is 10.2 Å². The molecule has 1 aromatic heterocycles. The Kier molecular flexibility index (Phi) is 2.97. The fourth-order valence-electron chi connectivity index (χ4n) is 3.10. The molecule has 2 fully saturated rings. The van der Waals surface area contributed by atoms with Crippen LogP contribution in [0.2, 0.25) is 0 Å². The van der Waals surface area contributed by atoms with Crippen LogP contribution in [0.3, 0.4) is 0 Å². The maximum atomic E-state index is 12.0. The molecule has 6 nitrogen and oxygen atoms in total. The Balaban J connectivity index is 1.56. The van der Waals surface area contributed by atoms with Crippen molar-refractivity contribution in [1.29, 1.82) is 0 Å². The molecule has 2 amide bonds. The van der Waals surface area contributed by atoms with Crippen molar-refractivity contribution < 1.29 is 9.59 Å². The molecule has 0 radical (unpaired) electrons. The number of rotatable bonds is 2. The van der Waals surface area contributed by atoms with E-state index in [0.29, 0.717) is 13.0 Å². The summed E-state index contributed by atoms with van der Waals surface area (Å²) < 4.78 is 0. The van der Waals surface area contributed by atoms with E-state index in [4.69, 9.17) is 0 Å². The average molecular weight is 314 g/mol. The molecular formula is C15H14N4O2S. The van der Waals surface area contributed by atoms with Gasteiger partial charge in [0.1, 0.15) is 5.01 Å². The summed E-state index contributed by atoms with van der Waals surface area (Å²) in [6.45, 7) is 1.26. The zero-order chi connectivity index (χ0) is 15.2. The molecule has 7 heteroatoms. The molecule has 2 aliphatic rings. The van der Waals surface area contributed by atoms with Gasteiger partial charge >= 0.3 is 0 Å². The van der Waals surface area contributed by atoms with Crippen molar-refractivity contribution in [3.05, 3.63) is 30.3 Å². The number of aromatic nitrogens is 2. The van der Waals surface area contributed by atoms with Gasteiger partial charge in [0.25, 0.3) is 0 Å². The van der Waals surface area contributed by atoms with Crippen LogP contribution in [0.15, 0.2) is 30.3 Å². The van der Waals surface area contributed by atoms with Gasteiger partial charge in [0, 0.05) is 25.1 Å². The van der Waals surface area contributed by atoms with E-state index in [2.05, 4.69) is 20.4 Å². The Bertz CT molecular complexity index is 745. The molecule has 1 N–H and O–H groups in total. The second kappa shape index (κ2) is 4.88. The van der Waals surface area contributed by atoms with Gasteiger partial charge in [-0.25, -0.2) is 0 Å². The zero-order valence-electron chi connectivity index (χ0n) is 11.8. The first-order chi connectivity index (χ1) is 10.7. The number of carbonyl (C=O) groups excluding carboxylic acids is 2. The SMILES string of the molecule is O=C1C[C@]2(CCN(c3nnc(-c4ccccc4)s3)C2)C(=O)N1. The summed E-state index contributed by atoms with van der Waals surface area (Å²) in [5, 5.41) is 12.6. The topological polar surface area (TPSA) is 75.2 Å². The third-order valence-corrected chi connectivity index (χ3v) is 5.33. The van der Waals surface area contributed by atoms with E-state index in [1.165, 1.54) is 11.3 Å². The average Bonchev–Trinajstić information content (AvgIpc) is 3.20. The van der Waals surface area contributed by atoms with Crippen LogP contribution >= 0.6 is 11.3 Å². The summed E-state index contributed by atoms with van der Waals surface area (Å²) in [5.41, 5.74) is 0.462. The first kappa shape index (κ1) is 13.4. The molecule has 1 spiro atoms. The smallest absolute Gasteiger partial charge is 0.235 e. The number of benzene rings is 1. The number of anilines is 1. The molecule has 2 aromatic rings. The number of nitrogens with one attached hydrogen (secondary N) is 1. The van der Waals surface area contributed by atoms with E-state index in [-0.39, 0.29) is 18.2 Å². The molecule has 1 atom stereocenters. The van der Waals surface area contributed by atoms with Gasteiger partial charge < -0.3 is 4.90 Å². The predicted octanol–water partition coefficient (Wildman–Crippen LogP) is 1.45. The number of carbonyl (C=O) groups is 2. The van der Waals surface area contributed by atoms with Gasteiger partial charge in [-0.1, -0.05) is 41.7 Å². The van der Waals surface area contributed by atoms with Gasteiger partial charge in [-0.05, 0) is 6.42 Å². The van der Waals surface area contributed by atoms with Crippen LogP contribution in [0, 0.1) is 5.41 Å². The Morgan fingerprint density at radius 3 is 2.73 bits per heavy atom. The molecule has 0 aliphatic carbocycles. The molecule has 3 heterocycles. The lowest BCUT2D eigenvalue weighted by Gasteiger charge is -2.19. The van der Waals surface area contributed by atoms with E-state index in [0.717, 1.165) is 22.2 Å². The Morgan fingerprint density at radius 1 is 1.18 bits per heavy atom. The maximum Gasteiger partial charge on any atom is 0.235 e. The monoisotopic (exact) mass is 314 g/mol. The Labute approximate surface area is 131 Å². The van der Waals surface area contributed by atoms with Crippen molar-refractivity contribution in [3.63, 3.8) is 0 Å². The van der Waals surface area contributed by atoms with Gasteiger partial charge in [0.05, 0.1) is 5.41 Å². The third-order valence-electron chi connectivity index (χ3n) is 4.29. The molecule has 0 saturated carbocycles. The highest BCUT2D eigenvalue weighted by molar-refractivity contribution is 7.18. The summed E-state index contributed by atoms with van der Waals surface area (Å²) in [5.74, 6) is -0.318. The lowest BCUT2D eigenvalue weighted by molar-refractivity contribution is -0.127. The highest BCUT2D eigenvalue weighted by Crippen LogP contribution is 2.40. The molecule has 22 heavy (non-hydrogen) atoms. The van der Waals surface area contributed by atoms with Crippen LogP contribution in [0.25, 0.3) is 10.6 Å². The van der Waals surface area contributed by atoms with Crippen molar-refractivity contribution in [1.82, 2.24) is 15.5 Å². The quantitative estimate of drug-likeness (QED) is 0.849. The van der Waals surface area contributed by atoms with Gasteiger partial charge in [-0.15, -0.1) is 10.2 Å². The number of hydrogen-bond donors (Lipinski definition) is 1.